The highest BCUT2D eigenvalue weighted by Gasteiger charge is 2.10. The minimum absolute atomic E-state index is 0.943. The fourth-order valence-electron chi connectivity index (χ4n) is 4.18. The maximum Gasteiger partial charge on any atom is 0.134 e. The first kappa shape index (κ1) is 13.0. The summed E-state index contributed by atoms with van der Waals surface area (Å²) in [6.45, 7) is 0. The maximum atomic E-state index is 5.62. The van der Waals surface area contributed by atoms with Crippen molar-refractivity contribution in [3.8, 4) is 0 Å². The van der Waals surface area contributed by atoms with Gasteiger partial charge in [0.25, 0.3) is 0 Å². The molecule has 1 heteroatoms. The molecule has 0 N–H and O–H groups in total. The Hall–Kier alpha value is -3.32. The molecule has 0 radical (unpaired) electrons. The molecule has 6 aromatic rings. The second-order valence-corrected chi connectivity index (χ2v) is 6.60. The predicted octanol–water partition coefficient (Wildman–Crippen LogP) is 7.05. The Morgan fingerprint density at radius 2 is 1.12 bits per heavy atom. The molecule has 5 aromatic carbocycles. The Kier molecular flexibility index (Phi) is 2.40. The first-order chi connectivity index (χ1) is 12.4. The minimum atomic E-state index is 0.943. The second-order valence-electron chi connectivity index (χ2n) is 6.60. The van der Waals surface area contributed by atoms with Crippen molar-refractivity contribution in [2.75, 3.05) is 0 Å². The molecule has 6 rings (SSSR count). The van der Waals surface area contributed by atoms with Crippen molar-refractivity contribution in [1.82, 2.24) is 0 Å². The molecule has 116 valence electrons. The first-order valence-corrected chi connectivity index (χ1v) is 8.53. The molecule has 0 unspecified atom stereocenters. The van der Waals surface area contributed by atoms with Gasteiger partial charge >= 0.3 is 0 Å². The molecule has 0 saturated carbocycles. The molecule has 1 nitrogen and oxygen atoms in total. The molecular formula is C24H14O. The summed E-state index contributed by atoms with van der Waals surface area (Å²) in [5, 5.41) is 11.5. The van der Waals surface area contributed by atoms with Crippen molar-refractivity contribution in [3.63, 3.8) is 0 Å². The lowest BCUT2D eigenvalue weighted by Crippen LogP contribution is -1.83. The quantitative estimate of drug-likeness (QED) is 0.274. The molecule has 1 heterocycles. The van der Waals surface area contributed by atoms with E-state index in [-0.39, 0.29) is 0 Å². The van der Waals surface area contributed by atoms with E-state index in [0.717, 1.165) is 5.58 Å². The summed E-state index contributed by atoms with van der Waals surface area (Å²) in [4.78, 5) is 0. The smallest absolute Gasteiger partial charge is 0.134 e. The Morgan fingerprint density at radius 3 is 2.08 bits per heavy atom. The summed E-state index contributed by atoms with van der Waals surface area (Å²) in [6.07, 6.45) is 1.78. The Bertz CT molecular complexity index is 1440. The van der Waals surface area contributed by atoms with E-state index in [1.807, 2.05) is 0 Å². The van der Waals surface area contributed by atoms with Crippen molar-refractivity contribution in [3.05, 3.63) is 85.1 Å². The first-order valence-electron chi connectivity index (χ1n) is 8.53. The normalized spacial score (nSPS) is 12.0. The van der Waals surface area contributed by atoms with E-state index in [2.05, 4.69) is 78.9 Å². The highest BCUT2D eigenvalue weighted by Crippen LogP contribution is 2.37. The lowest BCUT2D eigenvalue weighted by atomic mass is 9.93. The third kappa shape index (κ3) is 1.67. The zero-order valence-corrected chi connectivity index (χ0v) is 13.5. The fourth-order valence-corrected chi connectivity index (χ4v) is 4.18. The van der Waals surface area contributed by atoms with Gasteiger partial charge in [-0.25, -0.2) is 0 Å². The highest BCUT2D eigenvalue weighted by atomic mass is 16.3. The summed E-state index contributed by atoms with van der Waals surface area (Å²) < 4.78 is 5.62. The van der Waals surface area contributed by atoms with E-state index in [4.69, 9.17) is 4.42 Å². The largest absolute Gasteiger partial charge is 0.464 e. The number of fused-ring (bicyclic) bond motifs is 9. The molecule has 0 aliphatic heterocycles. The average molecular weight is 318 g/mol. The molecule has 1 aromatic heterocycles. The molecule has 0 fully saturated rings. The summed E-state index contributed by atoms with van der Waals surface area (Å²) in [5.41, 5.74) is 0.943. The van der Waals surface area contributed by atoms with E-state index in [1.165, 1.54) is 48.5 Å². The van der Waals surface area contributed by atoms with Gasteiger partial charge in [0.15, 0.2) is 0 Å². The summed E-state index contributed by atoms with van der Waals surface area (Å²) in [5.74, 6) is 0. The molecule has 0 aliphatic carbocycles. The predicted molar refractivity (Wildman–Crippen MR) is 106 cm³/mol. The van der Waals surface area contributed by atoms with Crippen LogP contribution in [0.25, 0.3) is 54.1 Å². The minimum Gasteiger partial charge on any atom is -0.464 e. The maximum absolute atomic E-state index is 5.62. The van der Waals surface area contributed by atoms with Gasteiger partial charge in [-0.15, -0.1) is 0 Å². The van der Waals surface area contributed by atoms with Crippen LogP contribution < -0.4 is 0 Å². The van der Waals surface area contributed by atoms with Crippen LogP contribution in [-0.2, 0) is 0 Å². The molecule has 0 atom stereocenters. The van der Waals surface area contributed by atoms with Gasteiger partial charge in [-0.3, -0.25) is 0 Å². The molecule has 0 spiro atoms. The van der Waals surface area contributed by atoms with Crippen LogP contribution >= 0.6 is 0 Å². The van der Waals surface area contributed by atoms with Crippen molar-refractivity contribution in [2.24, 2.45) is 0 Å². The number of hydrogen-bond donors (Lipinski definition) is 0. The molecular weight excluding hydrogens is 304 g/mol. The van der Waals surface area contributed by atoms with E-state index < -0.39 is 0 Å². The second kappa shape index (κ2) is 4.61. The lowest BCUT2D eigenvalue weighted by molar-refractivity contribution is 0.616. The van der Waals surface area contributed by atoms with Gasteiger partial charge in [-0.2, -0.15) is 0 Å². The average Bonchev–Trinajstić information content (AvgIpc) is 3.15. The zero-order valence-electron chi connectivity index (χ0n) is 13.5. The molecule has 0 bridgehead atoms. The van der Waals surface area contributed by atoms with Crippen LogP contribution in [0, 0.1) is 0 Å². The zero-order chi connectivity index (χ0) is 16.4. The van der Waals surface area contributed by atoms with Gasteiger partial charge in [0.05, 0.1) is 6.26 Å². The number of benzene rings is 5. The molecule has 0 aliphatic rings. The van der Waals surface area contributed by atoms with Gasteiger partial charge in [0, 0.05) is 10.8 Å². The summed E-state index contributed by atoms with van der Waals surface area (Å²) >= 11 is 0. The van der Waals surface area contributed by atoms with E-state index in [0.29, 0.717) is 0 Å². The topological polar surface area (TPSA) is 13.1 Å². The fraction of sp³-hybridized carbons (Fsp3) is 0. The van der Waals surface area contributed by atoms with Gasteiger partial charge in [0.1, 0.15) is 5.58 Å². The van der Waals surface area contributed by atoms with Gasteiger partial charge < -0.3 is 4.42 Å². The third-order valence-corrected chi connectivity index (χ3v) is 5.33. The van der Waals surface area contributed by atoms with Gasteiger partial charge in [-0.05, 0) is 49.8 Å². The van der Waals surface area contributed by atoms with Crippen molar-refractivity contribution in [2.45, 2.75) is 0 Å². The van der Waals surface area contributed by atoms with Crippen molar-refractivity contribution in [1.29, 1.82) is 0 Å². The molecule has 0 amide bonds. The van der Waals surface area contributed by atoms with Crippen LogP contribution in [0.4, 0.5) is 0 Å². The lowest BCUT2D eigenvalue weighted by Gasteiger charge is -2.10. The van der Waals surface area contributed by atoms with Crippen LogP contribution in [0.15, 0.2) is 89.5 Å². The third-order valence-electron chi connectivity index (χ3n) is 5.33. The number of rotatable bonds is 0. The van der Waals surface area contributed by atoms with E-state index in [1.54, 1.807) is 6.26 Å². The van der Waals surface area contributed by atoms with E-state index in [9.17, 15) is 0 Å². The van der Waals surface area contributed by atoms with Crippen molar-refractivity contribution >= 4 is 54.1 Å². The van der Waals surface area contributed by atoms with E-state index >= 15 is 0 Å². The van der Waals surface area contributed by atoms with Crippen molar-refractivity contribution < 1.29 is 4.42 Å². The SMILES string of the molecule is c1ccc2c(c1)ccc1c2ccc2c1ccc1ccc3occc3c12. The van der Waals surface area contributed by atoms with Crippen LogP contribution in [-0.4, -0.2) is 0 Å². The Morgan fingerprint density at radius 1 is 0.440 bits per heavy atom. The van der Waals surface area contributed by atoms with Crippen LogP contribution in [0.1, 0.15) is 0 Å². The Labute approximate surface area is 144 Å². The molecule has 25 heavy (non-hydrogen) atoms. The number of furan rings is 1. The number of hydrogen-bond acceptors (Lipinski definition) is 1. The Balaban J connectivity index is 1.89. The van der Waals surface area contributed by atoms with Crippen LogP contribution in [0.5, 0.6) is 0 Å². The highest BCUT2D eigenvalue weighted by molar-refractivity contribution is 6.26. The standard InChI is InChI=1S/C24H14O/c1-2-4-17-15(3-1)5-8-19-18(17)10-11-21-20(19)9-6-16-7-12-23-22(24(16)21)13-14-25-23/h1-14H. The van der Waals surface area contributed by atoms with Crippen LogP contribution in [0.3, 0.4) is 0 Å². The monoisotopic (exact) mass is 318 g/mol. The van der Waals surface area contributed by atoms with Gasteiger partial charge in [-0.1, -0.05) is 66.7 Å². The molecule has 0 saturated heterocycles. The van der Waals surface area contributed by atoms with Gasteiger partial charge in [0.2, 0.25) is 0 Å². The summed E-state index contributed by atoms with van der Waals surface area (Å²) in [6, 6.07) is 28.3. The van der Waals surface area contributed by atoms with Crippen LogP contribution in [0.2, 0.25) is 0 Å². The summed E-state index contributed by atoms with van der Waals surface area (Å²) in [7, 11) is 0.